The highest BCUT2D eigenvalue weighted by Gasteiger charge is 2.12. The van der Waals surface area contributed by atoms with E-state index in [-0.39, 0.29) is 0 Å². The van der Waals surface area contributed by atoms with Crippen molar-refractivity contribution in [3.8, 4) is 22.9 Å². The summed E-state index contributed by atoms with van der Waals surface area (Å²) < 4.78 is 12.5. The predicted octanol–water partition coefficient (Wildman–Crippen LogP) is 3.73. The first kappa shape index (κ1) is 17.7. The summed E-state index contributed by atoms with van der Waals surface area (Å²) in [5.41, 5.74) is 3.05. The third-order valence-electron chi connectivity index (χ3n) is 3.98. The van der Waals surface area contributed by atoms with Gasteiger partial charge in [-0.1, -0.05) is 0 Å². The maximum absolute atomic E-state index is 5.46. The van der Waals surface area contributed by atoms with Crippen LogP contribution < -0.4 is 14.8 Å². The van der Waals surface area contributed by atoms with E-state index in [1.807, 2.05) is 50.2 Å². The lowest BCUT2D eigenvalue weighted by molar-refractivity contribution is 0.327. The molecular weight excluding hydrogens is 356 g/mol. The summed E-state index contributed by atoms with van der Waals surface area (Å²) in [7, 11) is 0. The third-order valence-corrected chi connectivity index (χ3v) is 3.98. The molecule has 8 heteroatoms. The van der Waals surface area contributed by atoms with Gasteiger partial charge in [0.15, 0.2) is 5.65 Å². The number of rotatable bonds is 7. The first-order chi connectivity index (χ1) is 13.8. The molecule has 4 rings (SSSR count). The molecule has 1 N–H and O–H groups in total. The molecule has 0 amide bonds. The van der Waals surface area contributed by atoms with Crippen molar-refractivity contribution in [2.45, 2.75) is 13.8 Å². The summed E-state index contributed by atoms with van der Waals surface area (Å²) in [5.74, 6) is 1.89. The normalized spacial score (nSPS) is 10.8. The molecule has 4 aromatic rings. The van der Waals surface area contributed by atoms with E-state index in [0.717, 1.165) is 17.0 Å². The van der Waals surface area contributed by atoms with Crippen LogP contribution in [0, 0.1) is 0 Å². The zero-order valence-corrected chi connectivity index (χ0v) is 15.7. The van der Waals surface area contributed by atoms with Crippen LogP contribution in [0.5, 0.6) is 11.6 Å². The van der Waals surface area contributed by atoms with Crippen LogP contribution in [-0.2, 0) is 0 Å². The monoisotopic (exact) mass is 376 g/mol. The number of aromatic nitrogens is 5. The minimum Gasteiger partial charge on any atom is -0.494 e. The van der Waals surface area contributed by atoms with Crippen LogP contribution in [0.1, 0.15) is 13.8 Å². The Morgan fingerprint density at radius 3 is 2.50 bits per heavy atom. The molecule has 0 aliphatic rings. The summed E-state index contributed by atoms with van der Waals surface area (Å²) in [4.78, 5) is 13.3. The smallest absolute Gasteiger partial charge is 0.247 e. The summed E-state index contributed by atoms with van der Waals surface area (Å²) in [6.07, 6.45) is 5.17. The van der Waals surface area contributed by atoms with Gasteiger partial charge in [0.05, 0.1) is 13.2 Å². The van der Waals surface area contributed by atoms with Crippen LogP contribution in [0.4, 0.5) is 11.6 Å². The van der Waals surface area contributed by atoms with Crippen LogP contribution >= 0.6 is 0 Å². The average molecular weight is 376 g/mol. The molecular formula is C20H20N6O2. The number of benzene rings is 1. The zero-order chi connectivity index (χ0) is 19.3. The molecule has 0 fully saturated rings. The Balaban J connectivity index is 1.61. The second kappa shape index (κ2) is 7.91. The number of hydrogen-bond donors (Lipinski definition) is 1. The van der Waals surface area contributed by atoms with Crippen molar-refractivity contribution < 1.29 is 9.47 Å². The van der Waals surface area contributed by atoms with Crippen LogP contribution in [0.2, 0.25) is 0 Å². The number of fused-ring (bicyclic) bond motifs is 1. The Bertz CT molecular complexity index is 1060. The Hall–Kier alpha value is -3.68. The van der Waals surface area contributed by atoms with Gasteiger partial charge >= 0.3 is 0 Å². The Labute approximate surface area is 162 Å². The van der Waals surface area contributed by atoms with Crippen LogP contribution in [0.25, 0.3) is 16.9 Å². The molecule has 0 radical (unpaired) electrons. The Morgan fingerprint density at radius 1 is 0.964 bits per heavy atom. The van der Waals surface area contributed by atoms with Crippen molar-refractivity contribution in [2.24, 2.45) is 0 Å². The largest absolute Gasteiger partial charge is 0.494 e. The molecule has 3 heterocycles. The molecule has 0 aliphatic carbocycles. The number of hydrogen-bond acceptors (Lipinski definition) is 7. The van der Waals surface area contributed by atoms with E-state index >= 15 is 0 Å². The third kappa shape index (κ3) is 3.71. The SMILES string of the molecule is CCOc1ccc(Nc2nc3c(-c4ccc(OCC)nc4)nccn3n2)cc1. The molecule has 0 atom stereocenters. The fourth-order valence-corrected chi connectivity index (χ4v) is 2.76. The molecule has 0 aliphatic heterocycles. The molecule has 28 heavy (non-hydrogen) atoms. The van der Waals surface area contributed by atoms with Crippen LogP contribution in [0.15, 0.2) is 55.0 Å². The Kier molecular flexibility index (Phi) is 5.01. The second-order valence-corrected chi connectivity index (χ2v) is 5.88. The maximum atomic E-state index is 5.46. The van der Waals surface area contributed by atoms with Gasteiger partial charge in [-0.3, -0.25) is 4.98 Å². The standard InChI is InChI=1S/C20H20N6O2/c1-3-27-16-8-6-15(7-9-16)23-20-24-19-18(21-11-12-26(19)25-20)14-5-10-17(22-13-14)28-4-2/h5-13H,3-4H2,1-2H3,(H,23,25). The fraction of sp³-hybridized carbons (Fsp3) is 0.200. The summed E-state index contributed by atoms with van der Waals surface area (Å²) in [5, 5.41) is 7.68. The molecule has 142 valence electrons. The van der Waals surface area contributed by atoms with Gasteiger partial charge in [0, 0.05) is 35.9 Å². The van der Waals surface area contributed by atoms with E-state index in [1.54, 1.807) is 23.1 Å². The zero-order valence-electron chi connectivity index (χ0n) is 15.7. The van der Waals surface area contributed by atoms with E-state index in [1.165, 1.54) is 0 Å². The van der Waals surface area contributed by atoms with Crippen LogP contribution in [-0.4, -0.2) is 37.8 Å². The van der Waals surface area contributed by atoms with Gasteiger partial charge < -0.3 is 14.8 Å². The number of ether oxygens (including phenoxy) is 2. The molecule has 0 spiro atoms. The van der Waals surface area contributed by atoms with E-state index < -0.39 is 0 Å². The highest BCUT2D eigenvalue weighted by molar-refractivity contribution is 5.74. The highest BCUT2D eigenvalue weighted by Crippen LogP contribution is 2.24. The van der Waals surface area contributed by atoms with Crippen LogP contribution in [0.3, 0.4) is 0 Å². The number of pyridine rings is 1. The average Bonchev–Trinajstić information content (AvgIpc) is 3.13. The minimum absolute atomic E-state index is 0.484. The molecule has 0 saturated heterocycles. The van der Waals surface area contributed by atoms with E-state index in [2.05, 4.69) is 25.4 Å². The fourth-order valence-electron chi connectivity index (χ4n) is 2.76. The van der Waals surface area contributed by atoms with Gasteiger partial charge in [0.25, 0.3) is 0 Å². The van der Waals surface area contributed by atoms with Crippen molar-refractivity contribution in [1.82, 2.24) is 24.6 Å². The number of anilines is 2. The molecule has 3 aromatic heterocycles. The van der Waals surface area contributed by atoms with Crippen molar-refractivity contribution in [3.05, 3.63) is 55.0 Å². The lowest BCUT2D eigenvalue weighted by Crippen LogP contribution is -1.96. The first-order valence-electron chi connectivity index (χ1n) is 9.07. The molecule has 8 nitrogen and oxygen atoms in total. The van der Waals surface area contributed by atoms with Crippen molar-refractivity contribution in [2.75, 3.05) is 18.5 Å². The Morgan fingerprint density at radius 2 is 1.79 bits per heavy atom. The predicted molar refractivity (Wildman–Crippen MR) is 106 cm³/mol. The van der Waals surface area contributed by atoms with Gasteiger partial charge in [-0.15, -0.1) is 5.10 Å². The molecule has 0 bridgehead atoms. The number of nitrogens with zero attached hydrogens (tertiary/aromatic N) is 5. The maximum Gasteiger partial charge on any atom is 0.247 e. The quantitative estimate of drug-likeness (QED) is 0.526. The van der Waals surface area contributed by atoms with E-state index in [9.17, 15) is 0 Å². The van der Waals surface area contributed by atoms with Gasteiger partial charge in [-0.25, -0.2) is 9.50 Å². The van der Waals surface area contributed by atoms with E-state index in [4.69, 9.17) is 9.47 Å². The minimum atomic E-state index is 0.484. The van der Waals surface area contributed by atoms with Crippen molar-refractivity contribution >= 4 is 17.3 Å². The lowest BCUT2D eigenvalue weighted by atomic mass is 10.2. The topological polar surface area (TPSA) is 86.5 Å². The summed E-state index contributed by atoms with van der Waals surface area (Å²) >= 11 is 0. The van der Waals surface area contributed by atoms with Gasteiger partial charge in [0.1, 0.15) is 11.4 Å². The molecule has 0 saturated carbocycles. The number of nitrogens with one attached hydrogen (secondary N) is 1. The lowest BCUT2D eigenvalue weighted by Gasteiger charge is -2.04. The second-order valence-electron chi connectivity index (χ2n) is 5.88. The van der Waals surface area contributed by atoms with Crippen molar-refractivity contribution in [1.29, 1.82) is 0 Å². The van der Waals surface area contributed by atoms with Gasteiger partial charge in [-0.2, -0.15) is 4.98 Å². The van der Waals surface area contributed by atoms with Gasteiger partial charge in [0.2, 0.25) is 11.8 Å². The van der Waals surface area contributed by atoms with Gasteiger partial charge in [-0.05, 0) is 44.2 Å². The molecule has 1 aromatic carbocycles. The highest BCUT2D eigenvalue weighted by atomic mass is 16.5. The summed E-state index contributed by atoms with van der Waals surface area (Å²) in [6, 6.07) is 11.4. The van der Waals surface area contributed by atoms with Crippen molar-refractivity contribution in [3.63, 3.8) is 0 Å². The summed E-state index contributed by atoms with van der Waals surface area (Å²) in [6.45, 7) is 5.09. The molecule has 0 unspecified atom stereocenters. The van der Waals surface area contributed by atoms with E-state index in [0.29, 0.717) is 36.4 Å². The first-order valence-corrected chi connectivity index (χ1v) is 9.07.